The van der Waals surface area contributed by atoms with Gasteiger partial charge < -0.3 is 15.0 Å². The first-order chi connectivity index (χ1) is 8.72. The highest BCUT2D eigenvalue weighted by Crippen LogP contribution is 2.23. The predicted molar refractivity (Wildman–Crippen MR) is 71.4 cm³/mol. The third-order valence-electron chi connectivity index (χ3n) is 4.12. The van der Waals surface area contributed by atoms with Crippen LogP contribution in [0, 0.1) is 5.92 Å². The van der Waals surface area contributed by atoms with Crippen molar-refractivity contribution in [2.75, 3.05) is 26.2 Å². The van der Waals surface area contributed by atoms with Crippen molar-refractivity contribution in [2.24, 2.45) is 5.92 Å². The Morgan fingerprint density at radius 2 is 2.06 bits per heavy atom. The fraction of sp³-hybridized carbons (Fsp3) is 0.929. The van der Waals surface area contributed by atoms with Gasteiger partial charge in [-0.25, -0.2) is 0 Å². The molecule has 0 radical (unpaired) electrons. The minimum absolute atomic E-state index is 0.176. The van der Waals surface area contributed by atoms with Crippen LogP contribution >= 0.6 is 0 Å². The van der Waals surface area contributed by atoms with E-state index in [-0.39, 0.29) is 12.0 Å². The second-order valence-electron chi connectivity index (χ2n) is 5.61. The average Bonchev–Trinajstić information content (AvgIpc) is 2.82. The fourth-order valence-electron chi connectivity index (χ4n) is 2.84. The number of hydrogen-bond donors (Lipinski definition) is 1. The van der Waals surface area contributed by atoms with Crippen molar-refractivity contribution in [1.82, 2.24) is 10.2 Å². The number of carbonyl (C=O) groups excluding carboxylic acids is 1. The maximum Gasteiger partial charge on any atom is 0.251 e. The summed E-state index contributed by atoms with van der Waals surface area (Å²) in [6, 6.07) is 0.593. The molecule has 0 aromatic carbocycles. The van der Waals surface area contributed by atoms with Crippen molar-refractivity contribution < 1.29 is 9.53 Å². The van der Waals surface area contributed by atoms with E-state index in [1.54, 1.807) is 0 Å². The summed E-state index contributed by atoms with van der Waals surface area (Å²) in [7, 11) is 0. The maximum atomic E-state index is 12.3. The minimum Gasteiger partial charge on any atom is -0.368 e. The molecule has 0 aliphatic carbocycles. The largest absolute Gasteiger partial charge is 0.368 e. The molecule has 0 aromatic rings. The molecule has 4 nitrogen and oxygen atoms in total. The first kappa shape index (κ1) is 13.8. The van der Waals surface area contributed by atoms with E-state index in [2.05, 4.69) is 19.2 Å². The quantitative estimate of drug-likeness (QED) is 0.824. The number of amides is 1. The van der Waals surface area contributed by atoms with E-state index >= 15 is 0 Å². The number of rotatable bonds is 4. The number of nitrogens with one attached hydrogen (secondary N) is 1. The van der Waals surface area contributed by atoms with Gasteiger partial charge in [0.25, 0.3) is 5.91 Å². The van der Waals surface area contributed by atoms with Crippen molar-refractivity contribution in [2.45, 2.75) is 51.7 Å². The van der Waals surface area contributed by atoms with Crippen LogP contribution in [0.3, 0.4) is 0 Å². The number of ether oxygens (including phenoxy) is 1. The molecule has 0 aromatic heterocycles. The Balaban J connectivity index is 1.77. The van der Waals surface area contributed by atoms with Crippen LogP contribution in [-0.2, 0) is 9.53 Å². The lowest BCUT2D eigenvalue weighted by molar-refractivity contribution is -0.143. The lowest BCUT2D eigenvalue weighted by Gasteiger charge is -2.34. The summed E-state index contributed by atoms with van der Waals surface area (Å²) in [5.74, 6) is 0.599. The molecule has 4 heteroatoms. The molecule has 0 saturated carbocycles. The highest BCUT2D eigenvalue weighted by molar-refractivity contribution is 5.81. The van der Waals surface area contributed by atoms with Crippen LogP contribution in [0.4, 0.5) is 0 Å². The Bertz CT molecular complexity index is 275. The Hall–Kier alpha value is -0.610. The molecule has 2 rings (SSSR count). The van der Waals surface area contributed by atoms with Gasteiger partial charge in [0.2, 0.25) is 0 Å². The van der Waals surface area contributed by atoms with Gasteiger partial charge in [0.05, 0.1) is 0 Å². The zero-order valence-electron chi connectivity index (χ0n) is 11.7. The molecule has 2 unspecified atom stereocenters. The molecule has 1 amide bonds. The Morgan fingerprint density at radius 1 is 1.33 bits per heavy atom. The van der Waals surface area contributed by atoms with Crippen molar-refractivity contribution in [3.8, 4) is 0 Å². The molecule has 104 valence electrons. The van der Waals surface area contributed by atoms with E-state index in [9.17, 15) is 4.79 Å². The van der Waals surface area contributed by atoms with Crippen LogP contribution in [0.1, 0.15) is 39.5 Å². The summed E-state index contributed by atoms with van der Waals surface area (Å²) >= 11 is 0. The van der Waals surface area contributed by atoms with Gasteiger partial charge in [-0.05, 0) is 38.1 Å². The summed E-state index contributed by atoms with van der Waals surface area (Å²) in [6.07, 6.45) is 4.17. The van der Waals surface area contributed by atoms with Gasteiger partial charge in [-0.1, -0.05) is 13.8 Å². The first-order valence-electron chi connectivity index (χ1n) is 7.36. The fourth-order valence-corrected chi connectivity index (χ4v) is 2.84. The highest BCUT2D eigenvalue weighted by atomic mass is 16.5. The number of hydrogen-bond acceptors (Lipinski definition) is 3. The van der Waals surface area contributed by atoms with Gasteiger partial charge in [-0.2, -0.15) is 0 Å². The normalized spacial score (nSPS) is 29.8. The van der Waals surface area contributed by atoms with Crippen molar-refractivity contribution in [1.29, 1.82) is 0 Å². The Morgan fingerprint density at radius 3 is 2.61 bits per heavy atom. The van der Waals surface area contributed by atoms with Gasteiger partial charge in [0, 0.05) is 25.7 Å². The van der Waals surface area contributed by atoms with Crippen molar-refractivity contribution in [3.05, 3.63) is 0 Å². The molecular weight excluding hydrogens is 228 g/mol. The third kappa shape index (κ3) is 3.23. The number of piperidine rings is 1. The summed E-state index contributed by atoms with van der Waals surface area (Å²) in [6.45, 7) is 7.89. The molecule has 2 aliphatic rings. The predicted octanol–water partition coefficient (Wildman–Crippen LogP) is 1.40. The molecule has 2 saturated heterocycles. The van der Waals surface area contributed by atoms with Gasteiger partial charge in [0.15, 0.2) is 0 Å². The zero-order chi connectivity index (χ0) is 13.0. The van der Waals surface area contributed by atoms with Gasteiger partial charge in [-0.3, -0.25) is 4.79 Å². The van der Waals surface area contributed by atoms with Crippen molar-refractivity contribution in [3.63, 3.8) is 0 Å². The highest BCUT2D eigenvalue weighted by Gasteiger charge is 2.35. The average molecular weight is 254 g/mol. The minimum atomic E-state index is -0.176. The van der Waals surface area contributed by atoms with Crippen LogP contribution in [0.15, 0.2) is 0 Å². The molecule has 18 heavy (non-hydrogen) atoms. The molecule has 2 heterocycles. The molecule has 2 aliphatic heterocycles. The standard InChI is InChI=1S/C14H26N2O2/c1-3-7-15-12-4-8-16(9-5-12)14(17)13-11(2)6-10-18-13/h11-13,15H,3-10H2,1-2H3. The second kappa shape index (κ2) is 6.53. The number of carbonyl (C=O) groups is 1. The van der Waals surface area contributed by atoms with Crippen LogP contribution in [0.5, 0.6) is 0 Å². The molecule has 2 fully saturated rings. The number of nitrogens with zero attached hydrogens (tertiary/aromatic N) is 1. The summed E-state index contributed by atoms with van der Waals surface area (Å²) in [5.41, 5.74) is 0. The second-order valence-corrected chi connectivity index (χ2v) is 5.61. The number of likely N-dealkylation sites (tertiary alicyclic amines) is 1. The SMILES string of the molecule is CCCNC1CCN(C(=O)C2OCCC2C)CC1. The van der Waals surface area contributed by atoms with E-state index in [0.717, 1.165) is 45.5 Å². The van der Waals surface area contributed by atoms with E-state index in [1.807, 2.05) is 4.90 Å². The van der Waals surface area contributed by atoms with Crippen LogP contribution in [-0.4, -0.2) is 49.2 Å². The maximum absolute atomic E-state index is 12.3. The summed E-state index contributed by atoms with van der Waals surface area (Å²) in [5, 5.41) is 3.54. The third-order valence-corrected chi connectivity index (χ3v) is 4.12. The first-order valence-corrected chi connectivity index (χ1v) is 7.36. The van der Waals surface area contributed by atoms with Gasteiger partial charge >= 0.3 is 0 Å². The van der Waals surface area contributed by atoms with E-state index in [1.165, 1.54) is 6.42 Å². The molecule has 0 bridgehead atoms. The summed E-state index contributed by atoms with van der Waals surface area (Å²) < 4.78 is 5.57. The molecule has 2 atom stereocenters. The zero-order valence-corrected chi connectivity index (χ0v) is 11.7. The monoisotopic (exact) mass is 254 g/mol. The lowest BCUT2D eigenvalue weighted by atomic mass is 10.00. The van der Waals surface area contributed by atoms with E-state index < -0.39 is 0 Å². The summed E-state index contributed by atoms with van der Waals surface area (Å²) in [4.78, 5) is 14.3. The lowest BCUT2D eigenvalue weighted by Crippen LogP contribution is -2.49. The topological polar surface area (TPSA) is 41.6 Å². The van der Waals surface area contributed by atoms with Gasteiger partial charge in [0.1, 0.15) is 6.10 Å². The molecule has 1 N–H and O–H groups in total. The molecule has 0 spiro atoms. The van der Waals surface area contributed by atoms with E-state index in [0.29, 0.717) is 12.0 Å². The van der Waals surface area contributed by atoms with E-state index in [4.69, 9.17) is 4.74 Å². The van der Waals surface area contributed by atoms with Crippen LogP contribution < -0.4 is 5.32 Å². The van der Waals surface area contributed by atoms with Gasteiger partial charge in [-0.15, -0.1) is 0 Å². The van der Waals surface area contributed by atoms with Crippen LogP contribution in [0.2, 0.25) is 0 Å². The smallest absolute Gasteiger partial charge is 0.251 e. The Labute approximate surface area is 110 Å². The van der Waals surface area contributed by atoms with Crippen molar-refractivity contribution >= 4 is 5.91 Å². The Kier molecular flexibility index (Phi) is 5.01. The molecular formula is C14H26N2O2. The van der Waals surface area contributed by atoms with Crippen LogP contribution in [0.25, 0.3) is 0 Å².